The second-order valence-corrected chi connectivity index (χ2v) is 10.5. The smallest absolute Gasteiger partial charge is 0.416 e. The van der Waals surface area contributed by atoms with Gasteiger partial charge in [-0.3, -0.25) is 14.4 Å². The van der Waals surface area contributed by atoms with E-state index < -0.39 is 35.4 Å². The second-order valence-electron chi connectivity index (χ2n) is 10.1. The molecule has 0 bridgehead atoms. The van der Waals surface area contributed by atoms with Crippen LogP contribution in [0, 0.1) is 0 Å². The lowest BCUT2D eigenvalue weighted by molar-refractivity contribution is -0.138. The van der Waals surface area contributed by atoms with Gasteiger partial charge in [0.05, 0.1) is 28.6 Å². The number of carboxylic acid groups (broad SMARTS) is 1. The number of hydrogen-bond acceptors (Lipinski definition) is 3. The summed E-state index contributed by atoms with van der Waals surface area (Å²) in [5.41, 5.74) is 2.96. The minimum Gasteiger partial charge on any atom is -0.481 e. The van der Waals surface area contributed by atoms with E-state index in [2.05, 4.69) is 16.7 Å². The maximum Gasteiger partial charge on any atom is 0.416 e. The average Bonchev–Trinajstić information content (AvgIpc) is 2.97. The van der Waals surface area contributed by atoms with Crippen LogP contribution in [-0.4, -0.2) is 29.4 Å². The van der Waals surface area contributed by atoms with E-state index in [0.29, 0.717) is 16.7 Å². The van der Waals surface area contributed by atoms with Crippen LogP contribution in [0.1, 0.15) is 70.6 Å². The van der Waals surface area contributed by atoms with Crippen molar-refractivity contribution in [3.05, 3.63) is 106 Å². The highest BCUT2D eigenvalue weighted by Crippen LogP contribution is 2.35. The Bertz CT molecular complexity index is 1470. The Labute approximate surface area is 246 Å². The second kappa shape index (κ2) is 13.7. The van der Waals surface area contributed by atoms with E-state index in [1.54, 1.807) is 24.3 Å². The molecule has 1 aliphatic carbocycles. The monoisotopic (exact) mass is 598 g/mol. The van der Waals surface area contributed by atoms with E-state index in [1.807, 2.05) is 24.3 Å². The number of rotatable bonds is 10. The largest absolute Gasteiger partial charge is 0.481 e. The number of allylic oxidation sites excluding steroid dienone is 2. The standard InChI is InChI=1S/C32H30ClF3N2O4/c33-27-15-14-25(32(34,35)36)19-28(27)38-31(42)26(23-12-10-22(11-13-23)21-4-2-1-3-5-21)18-20-6-8-24(9-7-20)30(41)37-17-16-29(39)40/h4,6-15,19,26H,1-3,5,16-18H2,(H,37,41)(H,38,42)(H,39,40). The van der Waals surface area contributed by atoms with Gasteiger partial charge in [-0.25, -0.2) is 0 Å². The van der Waals surface area contributed by atoms with Gasteiger partial charge in [0, 0.05) is 12.1 Å². The Balaban J connectivity index is 1.58. The fourth-order valence-corrected chi connectivity index (χ4v) is 4.99. The van der Waals surface area contributed by atoms with E-state index in [9.17, 15) is 27.6 Å². The van der Waals surface area contributed by atoms with Gasteiger partial charge in [-0.05, 0) is 84.7 Å². The van der Waals surface area contributed by atoms with Crippen molar-refractivity contribution in [1.29, 1.82) is 0 Å². The Morgan fingerprint density at radius 1 is 0.952 bits per heavy atom. The number of benzene rings is 3. The number of nitrogens with one attached hydrogen (secondary N) is 2. The molecule has 0 aliphatic heterocycles. The lowest BCUT2D eigenvalue weighted by Gasteiger charge is -2.20. The van der Waals surface area contributed by atoms with Crippen molar-refractivity contribution in [1.82, 2.24) is 5.32 Å². The van der Waals surface area contributed by atoms with E-state index in [0.717, 1.165) is 49.4 Å². The van der Waals surface area contributed by atoms with Crippen molar-refractivity contribution < 1.29 is 32.7 Å². The maximum atomic E-state index is 13.6. The number of carboxylic acids is 1. The summed E-state index contributed by atoms with van der Waals surface area (Å²) in [4.78, 5) is 36.6. The molecule has 10 heteroatoms. The number of carbonyl (C=O) groups excluding carboxylic acids is 2. The molecule has 1 unspecified atom stereocenters. The Morgan fingerprint density at radius 3 is 2.29 bits per heavy atom. The number of aliphatic carboxylic acids is 1. The predicted molar refractivity (Wildman–Crippen MR) is 155 cm³/mol. The first kappa shape index (κ1) is 30.8. The molecule has 0 saturated carbocycles. The van der Waals surface area contributed by atoms with Crippen LogP contribution in [0.5, 0.6) is 0 Å². The van der Waals surface area contributed by atoms with Crippen molar-refractivity contribution in [2.75, 3.05) is 11.9 Å². The fourth-order valence-electron chi connectivity index (χ4n) is 4.82. The molecular weight excluding hydrogens is 569 g/mol. The van der Waals surface area contributed by atoms with Gasteiger partial charge in [0.15, 0.2) is 0 Å². The molecule has 0 spiro atoms. The molecule has 3 aromatic rings. The third-order valence-corrected chi connectivity index (χ3v) is 7.45. The van der Waals surface area contributed by atoms with Crippen LogP contribution in [0.25, 0.3) is 5.57 Å². The van der Waals surface area contributed by atoms with Crippen LogP contribution in [0.4, 0.5) is 18.9 Å². The highest BCUT2D eigenvalue weighted by molar-refractivity contribution is 6.33. The summed E-state index contributed by atoms with van der Waals surface area (Å²) < 4.78 is 40.0. The highest BCUT2D eigenvalue weighted by Gasteiger charge is 2.31. The molecule has 0 heterocycles. The molecule has 2 amide bonds. The summed E-state index contributed by atoms with van der Waals surface area (Å²) in [5, 5.41) is 13.9. The van der Waals surface area contributed by atoms with Gasteiger partial charge in [-0.2, -0.15) is 13.2 Å². The quantitative estimate of drug-likeness (QED) is 0.225. The number of amides is 2. The van der Waals surface area contributed by atoms with Crippen molar-refractivity contribution in [2.24, 2.45) is 0 Å². The molecule has 6 nitrogen and oxygen atoms in total. The van der Waals surface area contributed by atoms with E-state index >= 15 is 0 Å². The van der Waals surface area contributed by atoms with Crippen LogP contribution in [-0.2, 0) is 22.2 Å². The van der Waals surface area contributed by atoms with E-state index in [4.69, 9.17) is 16.7 Å². The van der Waals surface area contributed by atoms with Gasteiger partial charge in [-0.1, -0.05) is 54.1 Å². The zero-order valence-corrected chi connectivity index (χ0v) is 23.4. The fraction of sp³-hybridized carbons (Fsp3) is 0.281. The number of hydrogen-bond donors (Lipinski definition) is 3. The van der Waals surface area contributed by atoms with Gasteiger partial charge >= 0.3 is 12.1 Å². The first-order chi connectivity index (χ1) is 20.0. The number of anilines is 1. The minimum absolute atomic E-state index is 0.0108. The van der Waals surface area contributed by atoms with Crippen LogP contribution >= 0.6 is 11.6 Å². The van der Waals surface area contributed by atoms with Crippen molar-refractivity contribution in [3.8, 4) is 0 Å². The summed E-state index contributed by atoms with van der Waals surface area (Å²) in [5.74, 6) is -2.76. The molecule has 4 rings (SSSR count). The minimum atomic E-state index is -4.60. The molecule has 220 valence electrons. The molecular formula is C32H30ClF3N2O4. The molecule has 0 saturated heterocycles. The summed E-state index contributed by atoms with van der Waals surface area (Å²) in [7, 11) is 0. The zero-order chi connectivity index (χ0) is 30.3. The lowest BCUT2D eigenvalue weighted by Crippen LogP contribution is -2.26. The van der Waals surface area contributed by atoms with Gasteiger partial charge in [0.2, 0.25) is 5.91 Å². The first-order valence-corrected chi connectivity index (χ1v) is 13.9. The van der Waals surface area contributed by atoms with E-state index in [-0.39, 0.29) is 30.1 Å². The summed E-state index contributed by atoms with van der Waals surface area (Å²) in [6.07, 6.45) is 1.89. The number of carbonyl (C=O) groups is 3. The van der Waals surface area contributed by atoms with Crippen LogP contribution in [0.2, 0.25) is 5.02 Å². The van der Waals surface area contributed by atoms with Crippen LogP contribution in [0.3, 0.4) is 0 Å². The van der Waals surface area contributed by atoms with E-state index in [1.165, 1.54) is 5.57 Å². The van der Waals surface area contributed by atoms with Crippen molar-refractivity contribution in [2.45, 2.75) is 50.6 Å². The van der Waals surface area contributed by atoms with Crippen LogP contribution in [0.15, 0.2) is 72.8 Å². The van der Waals surface area contributed by atoms with Crippen molar-refractivity contribution in [3.63, 3.8) is 0 Å². The molecule has 0 radical (unpaired) electrons. The van der Waals surface area contributed by atoms with Gasteiger partial charge in [-0.15, -0.1) is 0 Å². The normalized spacial score (nSPS) is 14.0. The predicted octanol–water partition coefficient (Wildman–Crippen LogP) is 7.49. The third-order valence-electron chi connectivity index (χ3n) is 7.12. The highest BCUT2D eigenvalue weighted by atomic mass is 35.5. The zero-order valence-electron chi connectivity index (χ0n) is 22.6. The Hall–Kier alpha value is -4.11. The van der Waals surface area contributed by atoms with Gasteiger partial charge < -0.3 is 15.7 Å². The third kappa shape index (κ3) is 8.22. The lowest BCUT2D eigenvalue weighted by atomic mass is 9.88. The number of halogens is 4. The molecule has 3 aromatic carbocycles. The molecule has 3 N–H and O–H groups in total. The summed E-state index contributed by atoms with van der Waals surface area (Å²) in [6, 6.07) is 16.9. The maximum absolute atomic E-state index is 13.6. The summed E-state index contributed by atoms with van der Waals surface area (Å²) in [6.45, 7) is -0.0108. The molecule has 1 atom stereocenters. The average molecular weight is 599 g/mol. The van der Waals surface area contributed by atoms with Crippen LogP contribution < -0.4 is 10.6 Å². The van der Waals surface area contributed by atoms with Gasteiger partial charge in [0.25, 0.3) is 5.91 Å². The van der Waals surface area contributed by atoms with Gasteiger partial charge in [0.1, 0.15) is 0 Å². The van der Waals surface area contributed by atoms with Crippen molar-refractivity contribution >= 4 is 40.6 Å². The molecule has 0 aromatic heterocycles. The Morgan fingerprint density at radius 2 is 1.67 bits per heavy atom. The SMILES string of the molecule is O=C(O)CCNC(=O)c1ccc(CC(C(=O)Nc2cc(C(F)(F)F)ccc2Cl)c2ccc(C3=CCCCC3)cc2)cc1. The Kier molecular flexibility index (Phi) is 10.1. The molecule has 0 fully saturated rings. The molecule has 42 heavy (non-hydrogen) atoms. The molecule has 1 aliphatic rings. The topological polar surface area (TPSA) is 95.5 Å². The summed E-state index contributed by atoms with van der Waals surface area (Å²) >= 11 is 6.15. The number of alkyl halides is 3. The first-order valence-electron chi connectivity index (χ1n) is 13.6.